The molecule has 108 valence electrons. The van der Waals surface area contributed by atoms with Gasteiger partial charge in [-0.1, -0.05) is 25.7 Å². The molecule has 2 aliphatic carbocycles. The summed E-state index contributed by atoms with van der Waals surface area (Å²) < 4.78 is 10.8. The van der Waals surface area contributed by atoms with Crippen LogP contribution in [0.3, 0.4) is 0 Å². The van der Waals surface area contributed by atoms with Crippen LogP contribution in [0.4, 0.5) is 5.69 Å². The highest BCUT2D eigenvalue weighted by Crippen LogP contribution is 2.41. The Morgan fingerprint density at radius 2 is 1.75 bits per heavy atom. The van der Waals surface area contributed by atoms with Crippen LogP contribution in [0.15, 0.2) is 18.2 Å². The van der Waals surface area contributed by atoms with E-state index in [1.165, 1.54) is 50.6 Å². The average Bonchev–Trinajstić information content (AvgIpc) is 2.95. The van der Waals surface area contributed by atoms with E-state index in [1.54, 1.807) is 0 Å². The largest absolute Gasteiger partial charge is 0.454 e. The molecule has 3 unspecified atom stereocenters. The molecule has 20 heavy (non-hydrogen) atoms. The van der Waals surface area contributed by atoms with E-state index >= 15 is 0 Å². The van der Waals surface area contributed by atoms with Crippen molar-refractivity contribution in [3.8, 4) is 11.5 Å². The van der Waals surface area contributed by atoms with Crippen LogP contribution in [0, 0.1) is 11.8 Å². The molecule has 1 aromatic rings. The van der Waals surface area contributed by atoms with Crippen LogP contribution in [0.5, 0.6) is 11.5 Å². The fourth-order valence-electron chi connectivity index (χ4n) is 4.23. The molecule has 4 rings (SSSR count). The van der Waals surface area contributed by atoms with Crippen molar-refractivity contribution in [3.63, 3.8) is 0 Å². The lowest BCUT2D eigenvalue weighted by Gasteiger charge is -2.39. The minimum absolute atomic E-state index is 0.353. The summed E-state index contributed by atoms with van der Waals surface area (Å²) in [5.41, 5.74) is 1.17. The Morgan fingerprint density at radius 3 is 2.70 bits per heavy atom. The maximum atomic E-state index is 5.45. The first-order valence-electron chi connectivity index (χ1n) is 8.05. The van der Waals surface area contributed by atoms with Crippen molar-refractivity contribution in [2.75, 3.05) is 12.1 Å². The van der Waals surface area contributed by atoms with Crippen LogP contribution in [0.2, 0.25) is 0 Å². The molecule has 0 saturated heterocycles. The molecule has 0 bridgehead atoms. The summed E-state index contributed by atoms with van der Waals surface area (Å²) in [4.78, 5) is 0. The molecule has 1 aromatic carbocycles. The van der Waals surface area contributed by atoms with Gasteiger partial charge in [0, 0.05) is 17.8 Å². The smallest absolute Gasteiger partial charge is 0.231 e. The third-order valence-corrected chi connectivity index (χ3v) is 5.28. The molecule has 3 nitrogen and oxygen atoms in total. The average molecular weight is 273 g/mol. The molecule has 0 amide bonds. The van der Waals surface area contributed by atoms with Crippen LogP contribution in [-0.2, 0) is 0 Å². The lowest BCUT2D eigenvalue weighted by atomic mass is 9.69. The molecule has 2 fully saturated rings. The molecule has 3 heteroatoms. The maximum absolute atomic E-state index is 5.45. The number of fused-ring (bicyclic) bond motifs is 2. The van der Waals surface area contributed by atoms with E-state index in [0.29, 0.717) is 12.8 Å². The number of rotatable bonds is 2. The zero-order chi connectivity index (χ0) is 13.4. The van der Waals surface area contributed by atoms with Gasteiger partial charge in [-0.05, 0) is 43.2 Å². The molecule has 1 aliphatic heterocycles. The zero-order valence-corrected chi connectivity index (χ0v) is 11.9. The van der Waals surface area contributed by atoms with E-state index in [4.69, 9.17) is 9.47 Å². The summed E-state index contributed by atoms with van der Waals surface area (Å²) in [6, 6.07) is 6.84. The molecular weight excluding hydrogens is 250 g/mol. The second kappa shape index (κ2) is 5.19. The van der Waals surface area contributed by atoms with E-state index < -0.39 is 0 Å². The zero-order valence-electron chi connectivity index (χ0n) is 11.9. The predicted molar refractivity (Wildman–Crippen MR) is 79.3 cm³/mol. The van der Waals surface area contributed by atoms with Gasteiger partial charge in [-0.15, -0.1) is 0 Å². The molecule has 1 N–H and O–H groups in total. The van der Waals surface area contributed by atoms with Gasteiger partial charge in [0.25, 0.3) is 0 Å². The summed E-state index contributed by atoms with van der Waals surface area (Å²) in [7, 11) is 0. The first-order valence-corrected chi connectivity index (χ1v) is 8.05. The van der Waals surface area contributed by atoms with E-state index in [2.05, 4.69) is 17.4 Å². The van der Waals surface area contributed by atoms with Gasteiger partial charge in [0.2, 0.25) is 6.79 Å². The van der Waals surface area contributed by atoms with E-state index in [9.17, 15) is 0 Å². The Morgan fingerprint density at radius 1 is 0.900 bits per heavy atom. The Labute approximate surface area is 120 Å². The molecule has 0 aromatic heterocycles. The molecule has 3 aliphatic rings. The lowest BCUT2D eigenvalue weighted by Crippen LogP contribution is -2.34. The SMILES string of the molecule is c1cc2c(cc1NC1CCC3CCCCC3C1)OCO2. The van der Waals surface area contributed by atoms with Crippen molar-refractivity contribution in [2.24, 2.45) is 11.8 Å². The first kappa shape index (κ1) is 12.4. The number of hydrogen-bond donors (Lipinski definition) is 1. The molecule has 0 radical (unpaired) electrons. The highest BCUT2D eigenvalue weighted by Gasteiger charge is 2.32. The second-order valence-electron chi connectivity index (χ2n) is 6.53. The van der Waals surface area contributed by atoms with Gasteiger partial charge in [-0.3, -0.25) is 0 Å². The summed E-state index contributed by atoms with van der Waals surface area (Å²) in [6.07, 6.45) is 9.90. The normalized spacial score (nSPS) is 31.7. The van der Waals surface area contributed by atoms with Crippen molar-refractivity contribution in [2.45, 2.75) is 51.0 Å². The van der Waals surface area contributed by atoms with Crippen LogP contribution in [-0.4, -0.2) is 12.8 Å². The van der Waals surface area contributed by atoms with E-state index in [0.717, 1.165) is 23.3 Å². The molecule has 1 heterocycles. The van der Waals surface area contributed by atoms with Crippen molar-refractivity contribution in [3.05, 3.63) is 18.2 Å². The Bertz CT molecular complexity index is 488. The van der Waals surface area contributed by atoms with Crippen LogP contribution in [0.25, 0.3) is 0 Å². The first-order chi connectivity index (χ1) is 9.88. The van der Waals surface area contributed by atoms with Crippen molar-refractivity contribution < 1.29 is 9.47 Å². The Kier molecular flexibility index (Phi) is 3.21. The quantitative estimate of drug-likeness (QED) is 0.876. The number of anilines is 1. The topological polar surface area (TPSA) is 30.5 Å². The number of hydrogen-bond acceptors (Lipinski definition) is 3. The maximum Gasteiger partial charge on any atom is 0.231 e. The Balaban J connectivity index is 1.41. The number of ether oxygens (including phenoxy) is 2. The molecular formula is C17H23NO2. The third-order valence-electron chi connectivity index (χ3n) is 5.28. The van der Waals surface area contributed by atoms with Gasteiger partial charge in [0.05, 0.1) is 0 Å². The predicted octanol–water partition coefficient (Wildman–Crippen LogP) is 4.19. The van der Waals surface area contributed by atoms with Gasteiger partial charge in [0.15, 0.2) is 11.5 Å². The summed E-state index contributed by atoms with van der Waals surface area (Å²) in [5, 5.41) is 3.71. The Hall–Kier alpha value is -1.38. The molecule has 0 spiro atoms. The summed E-state index contributed by atoms with van der Waals surface area (Å²) in [5.74, 6) is 3.72. The fourth-order valence-corrected chi connectivity index (χ4v) is 4.23. The third kappa shape index (κ3) is 2.34. The number of benzene rings is 1. The van der Waals surface area contributed by atoms with Crippen molar-refractivity contribution in [1.82, 2.24) is 0 Å². The van der Waals surface area contributed by atoms with Gasteiger partial charge >= 0.3 is 0 Å². The molecule has 3 atom stereocenters. The minimum Gasteiger partial charge on any atom is -0.454 e. The van der Waals surface area contributed by atoms with Gasteiger partial charge in [0.1, 0.15) is 0 Å². The van der Waals surface area contributed by atoms with Crippen LogP contribution >= 0.6 is 0 Å². The molecule has 2 saturated carbocycles. The highest BCUT2D eigenvalue weighted by atomic mass is 16.7. The standard InChI is InChI=1S/C17H23NO2/c1-2-4-13-9-14(6-5-12(13)3-1)18-15-7-8-16-17(10-15)20-11-19-16/h7-8,10,12-14,18H,1-6,9,11H2. The van der Waals surface area contributed by atoms with Crippen molar-refractivity contribution >= 4 is 5.69 Å². The lowest BCUT2D eigenvalue weighted by molar-refractivity contribution is 0.162. The van der Waals surface area contributed by atoms with E-state index in [1.807, 2.05) is 6.07 Å². The van der Waals surface area contributed by atoms with Crippen LogP contribution < -0.4 is 14.8 Å². The second-order valence-corrected chi connectivity index (χ2v) is 6.53. The number of nitrogens with one attached hydrogen (secondary N) is 1. The monoisotopic (exact) mass is 273 g/mol. The summed E-state index contributed by atoms with van der Waals surface area (Å²) in [6.45, 7) is 0.353. The van der Waals surface area contributed by atoms with Gasteiger partial charge < -0.3 is 14.8 Å². The summed E-state index contributed by atoms with van der Waals surface area (Å²) >= 11 is 0. The van der Waals surface area contributed by atoms with Gasteiger partial charge in [-0.2, -0.15) is 0 Å². The van der Waals surface area contributed by atoms with Crippen molar-refractivity contribution in [1.29, 1.82) is 0 Å². The van der Waals surface area contributed by atoms with E-state index in [-0.39, 0.29) is 0 Å². The van der Waals surface area contributed by atoms with Crippen LogP contribution in [0.1, 0.15) is 44.9 Å². The minimum atomic E-state index is 0.353. The van der Waals surface area contributed by atoms with Gasteiger partial charge in [-0.25, -0.2) is 0 Å². The fraction of sp³-hybridized carbons (Fsp3) is 0.647. The highest BCUT2D eigenvalue weighted by molar-refractivity contribution is 5.56.